The first-order chi connectivity index (χ1) is 10.7. The van der Waals surface area contributed by atoms with E-state index in [-0.39, 0.29) is 22.2 Å². The van der Waals surface area contributed by atoms with Crippen LogP contribution in [0.15, 0.2) is 34.1 Å². The Kier molecular flexibility index (Phi) is 9.40. The Morgan fingerprint density at radius 2 is 1.50 bits per heavy atom. The van der Waals surface area contributed by atoms with Gasteiger partial charge in [-0.3, -0.25) is 0 Å². The molecule has 0 spiro atoms. The normalized spacial score (nSPS) is 12.4. The van der Waals surface area contributed by atoms with Crippen LogP contribution in [0.3, 0.4) is 0 Å². The molecule has 1 N–H and O–H groups in total. The summed E-state index contributed by atoms with van der Waals surface area (Å²) in [6, 6.07) is 5.50. The van der Waals surface area contributed by atoms with E-state index in [4.69, 9.17) is 0 Å². The van der Waals surface area contributed by atoms with E-state index in [9.17, 15) is 16.8 Å². The van der Waals surface area contributed by atoms with E-state index in [2.05, 4.69) is 5.32 Å². The van der Waals surface area contributed by atoms with Crippen molar-refractivity contribution in [2.24, 2.45) is 0 Å². The summed E-state index contributed by atoms with van der Waals surface area (Å²) in [5.41, 5.74) is 0. The molecule has 1 aromatic rings. The van der Waals surface area contributed by atoms with E-state index in [0.29, 0.717) is 26.2 Å². The fourth-order valence-electron chi connectivity index (χ4n) is 2.08. The van der Waals surface area contributed by atoms with Crippen molar-refractivity contribution in [3.63, 3.8) is 0 Å². The lowest BCUT2D eigenvalue weighted by Gasteiger charge is -2.20. The van der Waals surface area contributed by atoms with Crippen molar-refractivity contribution in [3.8, 4) is 0 Å². The summed E-state index contributed by atoms with van der Waals surface area (Å²) in [4.78, 5) is -0.0337. The fraction of sp³-hybridized carbons (Fsp3) is 0.571. The molecule has 1 aromatic carbocycles. The topological polar surface area (TPSA) is 86.8 Å². The third-order valence-electron chi connectivity index (χ3n) is 3.53. The molecule has 140 valence electrons. The molecule has 0 saturated heterocycles. The molecule has 7 nitrogen and oxygen atoms in total. The number of hydrogen-bond acceptors (Lipinski definition) is 5. The van der Waals surface area contributed by atoms with Crippen molar-refractivity contribution in [1.82, 2.24) is 13.9 Å². The smallest absolute Gasteiger partial charge is 0.243 e. The summed E-state index contributed by atoms with van der Waals surface area (Å²) in [7, 11) is -4.21. The van der Waals surface area contributed by atoms with Crippen molar-refractivity contribution >= 4 is 32.5 Å². The number of hydrogen-bond donors (Lipinski definition) is 1. The molecule has 1 rings (SSSR count). The monoisotopic (exact) mass is 399 g/mol. The fourth-order valence-corrected chi connectivity index (χ4v) is 4.87. The third kappa shape index (κ3) is 5.14. The molecule has 0 bridgehead atoms. The van der Waals surface area contributed by atoms with Gasteiger partial charge in [0.15, 0.2) is 0 Å². The molecule has 0 aliphatic heterocycles. The van der Waals surface area contributed by atoms with Gasteiger partial charge in [0.05, 0.1) is 9.79 Å². The van der Waals surface area contributed by atoms with E-state index in [1.54, 1.807) is 20.9 Å². The molecule has 0 aromatic heterocycles. The van der Waals surface area contributed by atoms with Crippen molar-refractivity contribution in [2.45, 2.75) is 23.6 Å². The van der Waals surface area contributed by atoms with Gasteiger partial charge in [-0.2, -0.15) is 8.61 Å². The molecule has 0 aliphatic rings. The van der Waals surface area contributed by atoms with Crippen LogP contribution in [-0.2, 0) is 20.0 Å². The lowest BCUT2D eigenvalue weighted by molar-refractivity contribution is 0.445. The molecule has 0 atom stereocenters. The van der Waals surface area contributed by atoms with Crippen LogP contribution in [0.1, 0.15) is 13.8 Å². The van der Waals surface area contributed by atoms with E-state index in [1.807, 2.05) is 0 Å². The summed E-state index contributed by atoms with van der Waals surface area (Å²) in [5, 5.41) is 2.88. The van der Waals surface area contributed by atoms with Crippen LogP contribution in [0.25, 0.3) is 0 Å². The molecular weight excluding hydrogens is 374 g/mol. The minimum atomic E-state index is -3.72. The molecular formula is C14H26ClN3O4S2. The SMILES string of the molecule is CCN(CC)S(=O)(=O)c1cccc(S(=O)(=O)N(C)CCNC)c1.Cl. The van der Waals surface area contributed by atoms with Gasteiger partial charge in [0.2, 0.25) is 20.0 Å². The molecule has 0 aliphatic carbocycles. The van der Waals surface area contributed by atoms with Gasteiger partial charge in [0.1, 0.15) is 0 Å². The summed E-state index contributed by atoms with van der Waals surface area (Å²) >= 11 is 0. The Hall–Kier alpha value is -0.710. The number of sulfonamides is 2. The van der Waals surface area contributed by atoms with Crippen LogP contribution >= 0.6 is 12.4 Å². The van der Waals surface area contributed by atoms with Gasteiger partial charge in [0, 0.05) is 33.2 Å². The second kappa shape index (κ2) is 9.69. The number of nitrogens with one attached hydrogen (secondary N) is 1. The van der Waals surface area contributed by atoms with Crippen LogP contribution in [0.2, 0.25) is 0 Å². The molecule has 0 fully saturated rings. The predicted octanol–water partition coefficient (Wildman–Crippen LogP) is 0.979. The second-order valence-corrected chi connectivity index (χ2v) is 8.98. The zero-order chi connectivity index (χ0) is 17.7. The van der Waals surface area contributed by atoms with Crippen LogP contribution in [-0.4, -0.2) is 65.7 Å². The summed E-state index contributed by atoms with van der Waals surface area (Å²) in [6.45, 7) is 4.95. The molecule has 0 amide bonds. The van der Waals surface area contributed by atoms with Gasteiger partial charge in [0.25, 0.3) is 0 Å². The summed E-state index contributed by atoms with van der Waals surface area (Å²) in [6.07, 6.45) is 0. The Bertz CT molecular complexity index is 719. The van der Waals surface area contributed by atoms with Crippen LogP contribution in [0.4, 0.5) is 0 Å². The zero-order valence-corrected chi connectivity index (χ0v) is 16.8. The van der Waals surface area contributed by atoms with Crippen LogP contribution in [0.5, 0.6) is 0 Å². The van der Waals surface area contributed by atoms with Gasteiger partial charge in [-0.15, -0.1) is 12.4 Å². The molecule has 0 heterocycles. The largest absolute Gasteiger partial charge is 0.318 e. The lowest BCUT2D eigenvalue weighted by atomic mass is 10.4. The average molecular weight is 400 g/mol. The van der Waals surface area contributed by atoms with Gasteiger partial charge >= 0.3 is 0 Å². The number of likely N-dealkylation sites (N-methyl/N-ethyl adjacent to an activating group) is 2. The standard InChI is InChI=1S/C14H25N3O4S2.ClH/c1-5-17(6-2)23(20,21)14-9-7-8-13(12-14)22(18,19)16(4)11-10-15-3;/h7-9,12,15H,5-6,10-11H2,1-4H3;1H. The number of nitrogens with zero attached hydrogens (tertiary/aromatic N) is 2. The highest BCUT2D eigenvalue weighted by Gasteiger charge is 2.25. The maximum atomic E-state index is 12.5. The Morgan fingerprint density at radius 3 is 1.96 bits per heavy atom. The van der Waals surface area contributed by atoms with Crippen molar-refractivity contribution < 1.29 is 16.8 Å². The van der Waals surface area contributed by atoms with Gasteiger partial charge < -0.3 is 5.32 Å². The average Bonchev–Trinajstić information content (AvgIpc) is 2.53. The van der Waals surface area contributed by atoms with E-state index in [1.165, 1.54) is 39.9 Å². The van der Waals surface area contributed by atoms with E-state index in [0.717, 1.165) is 0 Å². The summed E-state index contributed by atoms with van der Waals surface area (Å²) in [5.74, 6) is 0. The zero-order valence-electron chi connectivity index (χ0n) is 14.4. The quantitative estimate of drug-likeness (QED) is 0.668. The summed E-state index contributed by atoms with van der Waals surface area (Å²) < 4.78 is 52.6. The number of benzene rings is 1. The first kappa shape index (κ1) is 23.3. The predicted molar refractivity (Wildman–Crippen MR) is 97.5 cm³/mol. The first-order valence-electron chi connectivity index (χ1n) is 7.43. The van der Waals surface area contributed by atoms with E-state index >= 15 is 0 Å². The van der Waals surface area contributed by atoms with Gasteiger partial charge in [-0.25, -0.2) is 16.8 Å². The maximum Gasteiger partial charge on any atom is 0.243 e. The van der Waals surface area contributed by atoms with Gasteiger partial charge in [-0.1, -0.05) is 19.9 Å². The molecule has 0 unspecified atom stereocenters. The third-order valence-corrected chi connectivity index (χ3v) is 7.43. The highest BCUT2D eigenvalue weighted by molar-refractivity contribution is 7.90. The van der Waals surface area contributed by atoms with Crippen LogP contribution < -0.4 is 5.32 Å². The van der Waals surface area contributed by atoms with Crippen molar-refractivity contribution in [3.05, 3.63) is 24.3 Å². The molecule has 10 heteroatoms. The van der Waals surface area contributed by atoms with Gasteiger partial charge in [-0.05, 0) is 25.2 Å². The highest BCUT2D eigenvalue weighted by atomic mass is 35.5. The minimum Gasteiger partial charge on any atom is -0.318 e. The molecule has 0 radical (unpaired) electrons. The van der Waals surface area contributed by atoms with E-state index < -0.39 is 20.0 Å². The second-order valence-electron chi connectivity index (χ2n) is 4.99. The van der Waals surface area contributed by atoms with Crippen LogP contribution in [0, 0.1) is 0 Å². The first-order valence-corrected chi connectivity index (χ1v) is 10.3. The van der Waals surface area contributed by atoms with Crippen molar-refractivity contribution in [1.29, 1.82) is 0 Å². The molecule has 0 saturated carbocycles. The number of halogens is 1. The Morgan fingerprint density at radius 1 is 1.00 bits per heavy atom. The molecule has 24 heavy (non-hydrogen) atoms. The Balaban J connectivity index is 0.00000529. The number of rotatable bonds is 9. The van der Waals surface area contributed by atoms with Crippen molar-refractivity contribution in [2.75, 3.05) is 40.3 Å². The maximum absolute atomic E-state index is 12.5. The lowest BCUT2D eigenvalue weighted by Crippen LogP contribution is -2.33. The Labute approximate surface area is 151 Å². The minimum absolute atomic E-state index is 0. The highest BCUT2D eigenvalue weighted by Crippen LogP contribution is 2.21.